The zero-order valence-corrected chi connectivity index (χ0v) is 14.8. The number of aromatic nitrogens is 2. The highest BCUT2D eigenvalue weighted by molar-refractivity contribution is 7.91. The number of carbonyl (C=O) groups excluding carboxylic acids is 1. The molecule has 0 saturated carbocycles. The lowest BCUT2D eigenvalue weighted by atomic mass is 10.4. The van der Waals surface area contributed by atoms with E-state index in [2.05, 4.69) is 27.0 Å². The van der Waals surface area contributed by atoms with Crippen molar-refractivity contribution in [3.8, 4) is 11.8 Å². The van der Waals surface area contributed by atoms with Gasteiger partial charge in [0.15, 0.2) is 0 Å². The van der Waals surface area contributed by atoms with Crippen LogP contribution in [0.3, 0.4) is 0 Å². The molecule has 0 radical (unpaired) electrons. The van der Waals surface area contributed by atoms with Gasteiger partial charge < -0.3 is 0 Å². The van der Waals surface area contributed by atoms with Crippen molar-refractivity contribution in [2.75, 3.05) is 26.7 Å². The molecule has 0 spiro atoms. The summed E-state index contributed by atoms with van der Waals surface area (Å²) in [5, 5.41) is 8.01. The van der Waals surface area contributed by atoms with Gasteiger partial charge in [-0.15, -0.1) is 16.9 Å². The van der Waals surface area contributed by atoms with Gasteiger partial charge in [-0.3, -0.25) is 0 Å². The number of amides is 2. The Morgan fingerprint density at radius 1 is 1.43 bits per heavy atom. The Morgan fingerprint density at radius 3 is 2.74 bits per heavy atom. The highest BCUT2D eigenvalue weighted by Gasteiger charge is 2.42. The summed E-state index contributed by atoms with van der Waals surface area (Å²) in [5.41, 5.74) is 0. The second-order valence-corrected chi connectivity index (χ2v) is 8.06. The van der Waals surface area contributed by atoms with Crippen molar-refractivity contribution in [1.82, 2.24) is 19.0 Å². The van der Waals surface area contributed by atoms with E-state index in [-0.39, 0.29) is 14.9 Å². The maximum Gasteiger partial charge on any atom is 0.449 e. The Balaban J connectivity index is 2.27. The molecule has 23 heavy (non-hydrogen) atoms. The van der Waals surface area contributed by atoms with Gasteiger partial charge in [0.2, 0.25) is 0 Å². The number of aliphatic imine (C=N–C) groups is 1. The molecule has 2 heterocycles. The largest absolute Gasteiger partial charge is 0.449 e. The standard InChI is InChI=1S/C13H18N5O3S2/c1-4-6-7-9-17(5-2)23(20,21)13-16-15-12(22-13)18(3)10-8-14-11(18)19/h8H,5,7,9-10H2,1-3H3/q+1. The molecular weight excluding hydrogens is 338 g/mol. The zero-order valence-electron chi connectivity index (χ0n) is 13.2. The minimum atomic E-state index is -3.74. The van der Waals surface area contributed by atoms with Crippen LogP contribution in [0.25, 0.3) is 0 Å². The van der Waals surface area contributed by atoms with Gasteiger partial charge in [0, 0.05) is 19.5 Å². The smallest absolute Gasteiger partial charge is 0.204 e. The molecule has 2 rings (SSSR count). The number of nitrogens with zero attached hydrogens (tertiary/aromatic N) is 5. The first-order chi connectivity index (χ1) is 10.9. The minimum Gasteiger partial charge on any atom is -0.204 e. The fraction of sp³-hybridized carbons (Fsp3) is 0.538. The van der Waals surface area contributed by atoms with E-state index in [0.717, 1.165) is 11.3 Å². The van der Waals surface area contributed by atoms with Crippen LogP contribution in [0.5, 0.6) is 0 Å². The molecule has 0 aliphatic carbocycles. The number of sulfonamides is 1. The molecule has 0 bridgehead atoms. The first kappa shape index (κ1) is 17.7. The number of rotatable bonds is 6. The number of quaternary nitrogens is 1. The van der Waals surface area contributed by atoms with Crippen LogP contribution in [0.15, 0.2) is 9.33 Å². The van der Waals surface area contributed by atoms with E-state index in [1.165, 1.54) is 10.5 Å². The lowest BCUT2D eigenvalue weighted by Gasteiger charge is -2.19. The Labute approximate surface area is 139 Å². The van der Waals surface area contributed by atoms with E-state index in [9.17, 15) is 13.2 Å². The molecule has 1 unspecified atom stereocenters. The SMILES string of the molecule is CC#CCCN(CC)S(=O)(=O)c1nnc([N+]2(C)CC=NC2=O)s1. The van der Waals surface area contributed by atoms with Crippen LogP contribution in [-0.4, -0.2) is 61.8 Å². The average Bonchev–Trinajstić information content (AvgIpc) is 3.13. The number of hydrogen-bond donors (Lipinski definition) is 0. The van der Waals surface area contributed by atoms with Crippen molar-refractivity contribution in [2.45, 2.75) is 24.6 Å². The normalized spacial score (nSPS) is 20.8. The van der Waals surface area contributed by atoms with Crippen molar-refractivity contribution in [1.29, 1.82) is 0 Å². The molecular formula is C13H18N5O3S2+. The second-order valence-electron chi connectivity index (χ2n) is 4.99. The molecule has 8 nitrogen and oxygen atoms in total. The fourth-order valence-electron chi connectivity index (χ4n) is 2.02. The molecule has 0 aromatic carbocycles. The van der Waals surface area contributed by atoms with Crippen molar-refractivity contribution < 1.29 is 13.2 Å². The van der Waals surface area contributed by atoms with Crippen molar-refractivity contribution in [3.05, 3.63) is 0 Å². The highest BCUT2D eigenvalue weighted by atomic mass is 32.2. The van der Waals surface area contributed by atoms with Gasteiger partial charge >= 0.3 is 11.2 Å². The summed E-state index contributed by atoms with van der Waals surface area (Å²) in [6.07, 6.45) is 1.95. The van der Waals surface area contributed by atoms with Gasteiger partial charge in [-0.2, -0.15) is 13.8 Å². The summed E-state index contributed by atoms with van der Waals surface area (Å²) in [6.45, 7) is 4.42. The van der Waals surface area contributed by atoms with Gasteiger partial charge in [0.25, 0.3) is 14.4 Å². The lowest BCUT2D eigenvalue weighted by Crippen LogP contribution is -2.46. The van der Waals surface area contributed by atoms with E-state index in [4.69, 9.17) is 0 Å². The lowest BCUT2D eigenvalue weighted by molar-refractivity contribution is 0.228. The molecule has 1 aromatic rings. The summed E-state index contributed by atoms with van der Waals surface area (Å²) < 4.78 is 26.3. The first-order valence-corrected chi connectivity index (χ1v) is 9.28. The van der Waals surface area contributed by atoms with Crippen LogP contribution in [-0.2, 0) is 10.0 Å². The Morgan fingerprint density at radius 2 is 2.17 bits per heavy atom. The van der Waals surface area contributed by atoms with Gasteiger partial charge in [0.05, 0.1) is 13.3 Å². The average molecular weight is 356 g/mol. The third-order valence-electron chi connectivity index (χ3n) is 3.46. The Hall–Kier alpha value is -1.67. The van der Waals surface area contributed by atoms with Gasteiger partial charge in [0.1, 0.15) is 6.54 Å². The van der Waals surface area contributed by atoms with Crippen LogP contribution in [0, 0.1) is 11.8 Å². The molecule has 1 aliphatic heterocycles. The summed E-state index contributed by atoms with van der Waals surface area (Å²) in [6, 6.07) is -0.379. The maximum absolute atomic E-state index is 12.6. The van der Waals surface area contributed by atoms with Crippen LogP contribution in [0.4, 0.5) is 9.93 Å². The van der Waals surface area contributed by atoms with E-state index in [1.807, 2.05) is 0 Å². The van der Waals surface area contributed by atoms with Crippen molar-refractivity contribution in [2.24, 2.45) is 4.99 Å². The van der Waals surface area contributed by atoms with Crippen molar-refractivity contribution >= 4 is 38.7 Å². The maximum atomic E-state index is 12.6. The van der Waals surface area contributed by atoms with Crippen LogP contribution < -0.4 is 4.48 Å². The van der Waals surface area contributed by atoms with Gasteiger partial charge in [-0.25, -0.2) is 13.2 Å². The molecule has 2 amide bonds. The monoisotopic (exact) mass is 356 g/mol. The molecule has 0 fully saturated rings. The topological polar surface area (TPSA) is 92.6 Å². The molecule has 1 aromatic heterocycles. The van der Waals surface area contributed by atoms with E-state index in [0.29, 0.717) is 31.2 Å². The summed E-state index contributed by atoms with van der Waals surface area (Å²) in [5.74, 6) is 5.58. The summed E-state index contributed by atoms with van der Waals surface area (Å²) in [4.78, 5) is 15.6. The fourth-order valence-corrected chi connectivity index (χ4v) is 4.69. The van der Waals surface area contributed by atoms with Crippen LogP contribution in [0.1, 0.15) is 20.3 Å². The van der Waals surface area contributed by atoms with E-state index < -0.39 is 10.0 Å². The van der Waals surface area contributed by atoms with Crippen LogP contribution in [0.2, 0.25) is 0 Å². The summed E-state index contributed by atoms with van der Waals surface area (Å²) >= 11 is 0.906. The predicted molar refractivity (Wildman–Crippen MR) is 88.9 cm³/mol. The molecule has 1 aliphatic rings. The zero-order chi connectivity index (χ0) is 17.1. The molecule has 0 saturated heterocycles. The number of hydrogen-bond acceptors (Lipinski definition) is 6. The Kier molecular flexibility index (Phi) is 5.26. The summed E-state index contributed by atoms with van der Waals surface area (Å²) in [7, 11) is -2.10. The number of carbonyl (C=O) groups is 1. The van der Waals surface area contributed by atoms with Gasteiger partial charge in [-0.1, -0.05) is 12.0 Å². The molecule has 10 heteroatoms. The first-order valence-electron chi connectivity index (χ1n) is 7.02. The van der Waals surface area contributed by atoms with E-state index >= 15 is 0 Å². The van der Waals surface area contributed by atoms with Gasteiger partial charge in [-0.05, 0) is 18.3 Å². The van der Waals surface area contributed by atoms with Crippen molar-refractivity contribution in [3.63, 3.8) is 0 Å². The third-order valence-corrected chi connectivity index (χ3v) is 6.91. The predicted octanol–water partition coefficient (Wildman–Crippen LogP) is 1.10. The highest BCUT2D eigenvalue weighted by Crippen LogP contribution is 2.31. The molecule has 124 valence electrons. The molecule has 0 N–H and O–H groups in total. The second kappa shape index (κ2) is 6.84. The number of urea groups is 1. The molecule has 1 atom stereocenters. The minimum absolute atomic E-state index is 0.113. The Bertz CT molecular complexity index is 790. The van der Waals surface area contributed by atoms with Crippen LogP contribution >= 0.6 is 11.3 Å². The quantitative estimate of drug-likeness (QED) is 0.432. The van der Waals surface area contributed by atoms with E-state index in [1.54, 1.807) is 20.9 Å². The third kappa shape index (κ3) is 3.32.